The normalized spacial score (nSPS) is 19.8. The molecule has 0 unspecified atom stereocenters. The number of aliphatic hydroxyl groups excluding tert-OH is 1. The van der Waals surface area contributed by atoms with Crippen molar-refractivity contribution < 1.29 is 37.6 Å². The van der Waals surface area contributed by atoms with Crippen LogP contribution in [-0.4, -0.2) is 68.6 Å². The molecular weight excluding hydrogens is 390 g/mol. The molecule has 0 fully saturated rings. The average molecular weight is 415 g/mol. The lowest BCUT2D eigenvalue weighted by molar-refractivity contribution is -0.158. The second-order valence-electron chi connectivity index (χ2n) is 6.27. The number of carboxylic acids is 1. The average Bonchev–Trinajstić information content (AvgIpc) is 2.66. The van der Waals surface area contributed by atoms with Gasteiger partial charge in [0.25, 0.3) is 0 Å². The van der Waals surface area contributed by atoms with Gasteiger partial charge in [-0.3, -0.25) is 0 Å². The predicted octanol–water partition coefficient (Wildman–Crippen LogP) is 1.05. The third kappa shape index (κ3) is 5.68. The van der Waals surface area contributed by atoms with Crippen LogP contribution in [-0.2, 0) is 24.3 Å². The number of ether oxygens (including phenoxy) is 3. The van der Waals surface area contributed by atoms with Crippen LogP contribution in [0.1, 0.15) is 13.3 Å². The summed E-state index contributed by atoms with van der Waals surface area (Å²) >= 11 is 0. The minimum absolute atomic E-state index is 0.0142. The Morgan fingerprint density at radius 2 is 1.96 bits per heavy atom. The first-order valence-corrected chi connectivity index (χ1v) is 10.2. The molecule has 0 radical (unpaired) electrons. The SMILES string of the molecule is COc1ccc(S(=O)(=O)N(CCO)CCO[C@@H]2C[C@H](C)C=C(C(=O)O)O2)cc1. The molecule has 1 heterocycles. The van der Waals surface area contributed by atoms with E-state index in [1.54, 1.807) is 0 Å². The van der Waals surface area contributed by atoms with E-state index in [0.717, 1.165) is 4.31 Å². The molecule has 1 aromatic carbocycles. The van der Waals surface area contributed by atoms with Crippen LogP contribution in [0.25, 0.3) is 0 Å². The van der Waals surface area contributed by atoms with Crippen molar-refractivity contribution in [3.05, 3.63) is 36.1 Å². The predicted molar refractivity (Wildman–Crippen MR) is 99.2 cm³/mol. The van der Waals surface area contributed by atoms with Gasteiger partial charge < -0.3 is 24.4 Å². The molecule has 0 spiro atoms. The smallest absolute Gasteiger partial charge is 0.370 e. The first kappa shape index (κ1) is 22.2. The molecule has 0 aromatic heterocycles. The van der Waals surface area contributed by atoms with Gasteiger partial charge in [0.1, 0.15) is 5.75 Å². The lowest BCUT2D eigenvalue weighted by Gasteiger charge is -2.27. The van der Waals surface area contributed by atoms with Gasteiger partial charge >= 0.3 is 5.97 Å². The van der Waals surface area contributed by atoms with Gasteiger partial charge in [-0.25, -0.2) is 13.2 Å². The first-order valence-electron chi connectivity index (χ1n) is 8.76. The number of carboxylic acid groups (broad SMARTS) is 1. The monoisotopic (exact) mass is 415 g/mol. The van der Waals surface area contributed by atoms with Crippen LogP contribution in [0, 0.1) is 5.92 Å². The number of allylic oxidation sites excluding steroid dienone is 1. The fourth-order valence-corrected chi connectivity index (χ4v) is 4.14. The van der Waals surface area contributed by atoms with Crippen molar-refractivity contribution in [2.75, 3.05) is 33.4 Å². The van der Waals surface area contributed by atoms with Gasteiger partial charge in [0.05, 0.1) is 25.2 Å². The summed E-state index contributed by atoms with van der Waals surface area (Å²) in [6.45, 7) is 1.36. The number of nitrogens with zero attached hydrogens (tertiary/aromatic N) is 1. The van der Waals surface area contributed by atoms with Crippen molar-refractivity contribution in [1.82, 2.24) is 4.31 Å². The molecule has 1 aromatic rings. The fraction of sp³-hybridized carbons (Fsp3) is 0.500. The van der Waals surface area contributed by atoms with Gasteiger partial charge in [-0.2, -0.15) is 4.31 Å². The van der Waals surface area contributed by atoms with Crippen molar-refractivity contribution in [3.8, 4) is 5.75 Å². The number of aliphatic hydroxyl groups is 1. The molecule has 9 nitrogen and oxygen atoms in total. The van der Waals surface area contributed by atoms with E-state index >= 15 is 0 Å². The molecule has 10 heteroatoms. The second kappa shape index (κ2) is 9.87. The third-order valence-corrected chi connectivity index (χ3v) is 6.07. The molecule has 0 amide bonds. The summed E-state index contributed by atoms with van der Waals surface area (Å²) in [5.74, 6) is -0.866. The number of carbonyl (C=O) groups is 1. The van der Waals surface area contributed by atoms with Crippen molar-refractivity contribution in [2.45, 2.75) is 24.5 Å². The van der Waals surface area contributed by atoms with Gasteiger partial charge in [-0.1, -0.05) is 6.92 Å². The highest BCUT2D eigenvalue weighted by atomic mass is 32.2. The largest absolute Gasteiger partial charge is 0.497 e. The van der Waals surface area contributed by atoms with Crippen molar-refractivity contribution in [1.29, 1.82) is 0 Å². The zero-order chi connectivity index (χ0) is 20.7. The van der Waals surface area contributed by atoms with Crippen LogP contribution >= 0.6 is 0 Å². The van der Waals surface area contributed by atoms with E-state index in [4.69, 9.17) is 19.3 Å². The van der Waals surface area contributed by atoms with E-state index < -0.39 is 22.3 Å². The summed E-state index contributed by atoms with van der Waals surface area (Å²) in [6.07, 6.45) is 1.20. The Morgan fingerprint density at radius 1 is 1.29 bits per heavy atom. The zero-order valence-corrected chi connectivity index (χ0v) is 16.6. The van der Waals surface area contributed by atoms with Crippen LogP contribution < -0.4 is 4.74 Å². The Balaban J connectivity index is 2.00. The zero-order valence-electron chi connectivity index (χ0n) is 15.8. The number of aliphatic carboxylic acids is 1. The maximum Gasteiger partial charge on any atom is 0.370 e. The summed E-state index contributed by atoms with van der Waals surface area (Å²) in [7, 11) is -2.35. The van der Waals surface area contributed by atoms with E-state index in [-0.39, 0.29) is 42.9 Å². The van der Waals surface area contributed by atoms with E-state index in [9.17, 15) is 18.3 Å². The number of methoxy groups -OCH3 is 1. The van der Waals surface area contributed by atoms with Crippen LogP contribution in [0.4, 0.5) is 0 Å². The van der Waals surface area contributed by atoms with E-state index in [2.05, 4.69) is 0 Å². The Hall–Kier alpha value is -2.14. The first-order chi connectivity index (χ1) is 13.3. The Bertz CT molecular complexity index is 790. The number of hydrogen-bond acceptors (Lipinski definition) is 7. The topological polar surface area (TPSA) is 123 Å². The lowest BCUT2D eigenvalue weighted by atomic mass is 10.0. The molecule has 2 rings (SSSR count). The van der Waals surface area contributed by atoms with Crippen LogP contribution in [0.5, 0.6) is 5.75 Å². The van der Waals surface area contributed by atoms with E-state index in [1.807, 2.05) is 6.92 Å². The van der Waals surface area contributed by atoms with Gasteiger partial charge in [-0.05, 0) is 36.3 Å². The Labute approximate surface area is 164 Å². The summed E-state index contributed by atoms with van der Waals surface area (Å²) < 4.78 is 42.5. The molecule has 0 saturated heterocycles. The minimum atomic E-state index is -3.83. The molecule has 28 heavy (non-hydrogen) atoms. The summed E-state index contributed by atoms with van der Waals surface area (Å²) in [5, 5.41) is 18.3. The fourth-order valence-electron chi connectivity index (χ4n) is 2.73. The summed E-state index contributed by atoms with van der Waals surface area (Å²) in [6, 6.07) is 5.93. The van der Waals surface area contributed by atoms with Crippen molar-refractivity contribution in [2.24, 2.45) is 5.92 Å². The highest BCUT2D eigenvalue weighted by Gasteiger charge is 2.27. The standard InChI is InChI=1S/C18H25NO8S/c1-13-11-16(18(21)22)27-17(12-13)26-10-8-19(7-9-20)28(23,24)15-5-3-14(25-2)4-6-15/h3-6,11,13,17,20H,7-10,12H2,1-2H3,(H,21,22)/t13-,17+/m1/s1. The molecule has 0 bridgehead atoms. The second-order valence-corrected chi connectivity index (χ2v) is 8.21. The molecule has 1 aliphatic rings. The van der Waals surface area contributed by atoms with Crippen molar-refractivity contribution >= 4 is 16.0 Å². The maximum atomic E-state index is 12.8. The number of rotatable bonds is 10. The van der Waals surface area contributed by atoms with Gasteiger partial charge in [0.15, 0.2) is 0 Å². The van der Waals surface area contributed by atoms with Crippen LogP contribution in [0.3, 0.4) is 0 Å². The Morgan fingerprint density at radius 3 is 2.54 bits per heavy atom. The van der Waals surface area contributed by atoms with Gasteiger partial charge in [0.2, 0.25) is 22.1 Å². The highest BCUT2D eigenvalue weighted by molar-refractivity contribution is 7.89. The molecule has 2 atom stereocenters. The molecule has 1 aliphatic heterocycles. The van der Waals surface area contributed by atoms with Gasteiger partial charge in [0, 0.05) is 19.5 Å². The van der Waals surface area contributed by atoms with E-state index in [0.29, 0.717) is 12.2 Å². The number of benzene rings is 1. The Kier molecular flexibility index (Phi) is 7.81. The van der Waals surface area contributed by atoms with Crippen molar-refractivity contribution in [3.63, 3.8) is 0 Å². The van der Waals surface area contributed by atoms with Crippen LogP contribution in [0.15, 0.2) is 41.0 Å². The highest BCUT2D eigenvalue weighted by Crippen LogP contribution is 2.23. The molecular formula is C18H25NO8S. The number of hydrogen-bond donors (Lipinski definition) is 2. The number of sulfonamides is 1. The minimum Gasteiger partial charge on any atom is -0.497 e. The summed E-state index contributed by atoms with van der Waals surface area (Å²) in [4.78, 5) is 11.1. The summed E-state index contributed by atoms with van der Waals surface area (Å²) in [5.41, 5.74) is 0. The molecule has 2 N–H and O–H groups in total. The molecule has 0 saturated carbocycles. The quantitative estimate of drug-likeness (QED) is 0.581. The van der Waals surface area contributed by atoms with E-state index in [1.165, 1.54) is 37.5 Å². The maximum absolute atomic E-state index is 12.8. The lowest BCUT2D eigenvalue weighted by Crippen LogP contribution is -2.37. The molecule has 156 valence electrons. The molecule has 0 aliphatic carbocycles. The third-order valence-electron chi connectivity index (χ3n) is 4.16. The van der Waals surface area contributed by atoms with Crippen LogP contribution in [0.2, 0.25) is 0 Å². The van der Waals surface area contributed by atoms with Gasteiger partial charge in [-0.15, -0.1) is 0 Å².